The molecule has 4 nitrogen and oxygen atoms in total. The Morgan fingerprint density at radius 2 is 1.81 bits per heavy atom. The maximum absolute atomic E-state index is 12.6. The van der Waals surface area contributed by atoms with Gasteiger partial charge >= 0.3 is 0 Å². The summed E-state index contributed by atoms with van der Waals surface area (Å²) in [4.78, 5) is 12.6. The van der Waals surface area contributed by atoms with Crippen LogP contribution in [0.4, 0.5) is 5.69 Å². The number of carbonyl (C=O) groups excluding carboxylic acids is 1. The summed E-state index contributed by atoms with van der Waals surface area (Å²) in [5.74, 6) is 0.0109. The molecule has 0 bridgehead atoms. The summed E-state index contributed by atoms with van der Waals surface area (Å²) in [6.45, 7) is 8.09. The Hall–Kier alpha value is -1.39. The lowest BCUT2D eigenvalue weighted by atomic mass is 9.79. The molecule has 0 aliphatic carbocycles. The van der Waals surface area contributed by atoms with Crippen molar-refractivity contribution in [2.45, 2.75) is 39.0 Å². The third-order valence-corrected chi connectivity index (χ3v) is 4.33. The summed E-state index contributed by atoms with van der Waals surface area (Å²) in [6, 6.07) is 8.05. The third kappa shape index (κ3) is 3.63. The first-order chi connectivity index (χ1) is 9.87. The molecule has 0 saturated carbocycles. The Morgan fingerprint density at radius 3 is 2.29 bits per heavy atom. The van der Waals surface area contributed by atoms with Crippen LogP contribution in [0.2, 0.25) is 0 Å². The minimum absolute atomic E-state index is 0.0109. The van der Waals surface area contributed by atoms with Gasteiger partial charge in [-0.25, -0.2) is 0 Å². The molecule has 2 rings (SSSR count). The number of nitrogens with two attached hydrogens (primary N) is 1. The van der Waals surface area contributed by atoms with E-state index in [0.29, 0.717) is 32.6 Å². The molecule has 0 aromatic heterocycles. The molecule has 21 heavy (non-hydrogen) atoms. The van der Waals surface area contributed by atoms with E-state index in [2.05, 4.69) is 38.2 Å². The molecular formula is C17H26N2O2. The summed E-state index contributed by atoms with van der Waals surface area (Å²) >= 11 is 0. The van der Waals surface area contributed by atoms with Gasteiger partial charge in [-0.3, -0.25) is 4.79 Å². The number of rotatable bonds is 3. The van der Waals surface area contributed by atoms with Gasteiger partial charge in [-0.2, -0.15) is 0 Å². The molecule has 116 valence electrons. The van der Waals surface area contributed by atoms with Gasteiger partial charge in [0.25, 0.3) is 0 Å². The third-order valence-electron chi connectivity index (χ3n) is 4.33. The average Bonchev–Trinajstić information content (AvgIpc) is 2.47. The minimum atomic E-state index is -0.485. The SMILES string of the molecule is CC(C)(C)c1ccc(NC(=O)C2(CN)CCOCC2)cc1. The molecular weight excluding hydrogens is 264 g/mol. The lowest BCUT2D eigenvalue weighted by Crippen LogP contribution is -2.46. The zero-order chi connectivity index (χ0) is 15.5. The first-order valence-corrected chi connectivity index (χ1v) is 7.57. The fourth-order valence-electron chi connectivity index (χ4n) is 2.60. The fourth-order valence-corrected chi connectivity index (χ4v) is 2.60. The predicted molar refractivity (Wildman–Crippen MR) is 85.3 cm³/mol. The van der Waals surface area contributed by atoms with Crippen LogP contribution in [0.1, 0.15) is 39.2 Å². The number of anilines is 1. The van der Waals surface area contributed by atoms with E-state index >= 15 is 0 Å². The maximum Gasteiger partial charge on any atom is 0.232 e. The molecule has 0 radical (unpaired) electrons. The van der Waals surface area contributed by atoms with Gasteiger partial charge in [0.2, 0.25) is 5.91 Å². The smallest absolute Gasteiger partial charge is 0.232 e. The summed E-state index contributed by atoms with van der Waals surface area (Å²) in [6.07, 6.45) is 1.38. The van der Waals surface area contributed by atoms with Crippen molar-refractivity contribution < 1.29 is 9.53 Å². The molecule has 0 spiro atoms. The largest absolute Gasteiger partial charge is 0.381 e. The number of ether oxygens (including phenoxy) is 1. The van der Waals surface area contributed by atoms with Crippen LogP contribution in [-0.2, 0) is 14.9 Å². The van der Waals surface area contributed by atoms with Crippen molar-refractivity contribution in [2.24, 2.45) is 11.1 Å². The predicted octanol–water partition coefficient (Wildman–Crippen LogP) is 2.68. The zero-order valence-electron chi connectivity index (χ0n) is 13.2. The first kappa shape index (κ1) is 16.0. The van der Waals surface area contributed by atoms with E-state index in [1.165, 1.54) is 5.56 Å². The van der Waals surface area contributed by atoms with Gasteiger partial charge in [0.15, 0.2) is 0 Å². The number of carbonyl (C=O) groups is 1. The van der Waals surface area contributed by atoms with Crippen LogP contribution in [-0.4, -0.2) is 25.7 Å². The molecule has 1 aromatic rings. The van der Waals surface area contributed by atoms with Gasteiger partial charge in [0.1, 0.15) is 0 Å². The van der Waals surface area contributed by atoms with Crippen molar-refractivity contribution in [1.82, 2.24) is 0 Å². The Balaban J connectivity index is 2.08. The summed E-state index contributed by atoms with van der Waals surface area (Å²) in [5.41, 5.74) is 7.56. The van der Waals surface area contributed by atoms with Crippen LogP contribution in [0.5, 0.6) is 0 Å². The van der Waals surface area contributed by atoms with Crippen LogP contribution in [0.15, 0.2) is 24.3 Å². The van der Waals surface area contributed by atoms with E-state index in [4.69, 9.17) is 10.5 Å². The second-order valence-corrected chi connectivity index (χ2v) is 6.88. The summed E-state index contributed by atoms with van der Waals surface area (Å²) < 4.78 is 5.34. The molecule has 3 N–H and O–H groups in total. The van der Waals surface area contributed by atoms with E-state index in [9.17, 15) is 4.79 Å². The topological polar surface area (TPSA) is 64.4 Å². The molecule has 1 aliphatic rings. The lowest BCUT2D eigenvalue weighted by Gasteiger charge is -2.34. The van der Waals surface area contributed by atoms with Gasteiger partial charge < -0.3 is 15.8 Å². The van der Waals surface area contributed by atoms with E-state index in [1.807, 2.05) is 12.1 Å². The number of hydrogen-bond donors (Lipinski definition) is 2. The Morgan fingerprint density at radius 1 is 1.24 bits per heavy atom. The number of hydrogen-bond acceptors (Lipinski definition) is 3. The number of amides is 1. The molecule has 1 fully saturated rings. The normalized spacial score (nSPS) is 18.3. The lowest BCUT2D eigenvalue weighted by molar-refractivity contribution is -0.130. The molecule has 4 heteroatoms. The Bertz CT molecular complexity index is 483. The molecule has 1 aliphatic heterocycles. The highest BCUT2D eigenvalue weighted by Crippen LogP contribution is 2.31. The van der Waals surface area contributed by atoms with E-state index in [1.54, 1.807) is 0 Å². The van der Waals surface area contributed by atoms with E-state index in [-0.39, 0.29) is 11.3 Å². The Kier molecular flexibility index (Phi) is 4.69. The van der Waals surface area contributed by atoms with E-state index < -0.39 is 5.41 Å². The minimum Gasteiger partial charge on any atom is -0.381 e. The number of benzene rings is 1. The second-order valence-electron chi connectivity index (χ2n) is 6.88. The van der Waals surface area contributed by atoms with Gasteiger partial charge in [-0.05, 0) is 36.0 Å². The average molecular weight is 290 g/mol. The molecule has 1 aromatic carbocycles. The quantitative estimate of drug-likeness (QED) is 0.899. The molecule has 0 unspecified atom stereocenters. The fraction of sp³-hybridized carbons (Fsp3) is 0.588. The molecule has 1 amide bonds. The van der Waals surface area contributed by atoms with Crippen LogP contribution in [0, 0.1) is 5.41 Å². The standard InChI is InChI=1S/C17H26N2O2/c1-16(2,3)13-4-6-14(7-5-13)19-15(20)17(12-18)8-10-21-11-9-17/h4-7H,8-12,18H2,1-3H3,(H,19,20). The summed E-state index contributed by atoms with van der Waals surface area (Å²) in [5, 5.41) is 3.01. The Labute approximate surface area is 127 Å². The van der Waals surface area contributed by atoms with Gasteiger partial charge in [-0.15, -0.1) is 0 Å². The maximum atomic E-state index is 12.6. The van der Waals surface area contributed by atoms with Crippen molar-refractivity contribution in [2.75, 3.05) is 25.1 Å². The van der Waals surface area contributed by atoms with Gasteiger partial charge in [0, 0.05) is 25.4 Å². The second kappa shape index (κ2) is 6.16. The van der Waals surface area contributed by atoms with Crippen molar-refractivity contribution in [3.05, 3.63) is 29.8 Å². The molecule has 1 saturated heterocycles. The van der Waals surface area contributed by atoms with Crippen LogP contribution < -0.4 is 11.1 Å². The van der Waals surface area contributed by atoms with Crippen LogP contribution in [0.25, 0.3) is 0 Å². The van der Waals surface area contributed by atoms with Crippen molar-refractivity contribution in [3.63, 3.8) is 0 Å². The van der Waals surface area contributed by atoms with Crippen molar-refractivity contribution in [1.29, 1.82) is 0 Å². The van der Waals surface area contributed by atoms with Crippen LogP contribution in [0.3, 0.4) is 0 Å². The van der Waals surface area contributed by atoms with E-state index in [0.717, 1.165) is 5.69 Å². The van der Waals surface area contributed by atoms with Gasteiger partial charge in [0.05, 0.1) is 5.41 Å². The number of nitrogens with one attached hydrogen (secondary N) is 1. The summed E-state index contributed by atoms with van der Waals surface area (Å²) in [7, 11) is 0. The van der Waals surface area contributed by atoms with Crippen molar-refractivity contribution in [3.8, 4) is 0 Å². The highest BCUT2D eigenvalue weighted by atomic mass is 16.5. The molecule has 0 atom stereocenters. The van der Waals surface area contributed by atoms with Gasteiger partial charge in [-0.1, -0.05) is 32.9 Å². The first-order valence-electron chi connectivity index (χ1n) is 7.57. The van der Waals surface area contributed by atoms with Crippen molar-refractivity contribution >= 4 is 11.6 Å². The molecule has 1 heterocycles. The zero-order valence-corrected chi connectivity index (χ0v) is 13.2. The monoisotopic (exact) mass is 290 g/mol. The van der Waals surface area contributed by atoms with Crippen LogP contribution >= 0.6 is 0 Å². The highest BCUT2D eigenvalue weighted by molar-refractivity contribution is 5.95. The highest BCUT2D eigenvalue weighted by Gasteiger charge is 2.38.